The Balaban J connectivity index is 1.26. The molecule has 4 aromatic carbocycles. The van der Waals surface area contributed by atoms with E-state index >= 15 is 0 Å². The zero-order valence-electron chi connectivity index (χ0n) is 22.7. The molecule has 1 aliphatic rings. The van der Waals surface area contributed by atoms with Crippen LogP contribution in [0, 0.1) is 6.92 Å². The van der Waals surface area contributed by atoms with E-state index in [4.69, 9.17) is 9.72 Å². The highest BCUT2D eigenvalue weighted by molar-refractivity contribution is 7.89. The molecule has 6 rings (SSSR count). The lowest BCUT2D eigenvalue weighted by Gasteiger charge is -2.35. The molecule has 1 amide bonds. The van der Waals surface area contributed by atoms with Crippen LogP contribution < -0.4 is 10.1 Å². The highest BCUT2D eigenvalue weighted by Crippen LogP contribution is 2.33. The molecular formula is C32H29N3O4S2. The lowest BCUT2D eigenvalue weighted by atomic mass is 9.95. The molecule has 9 heteroatoms. The summed E-state index contributed by atoms with van der Waals surface area (Å²) in [6, 6.07) is 26.8. The van der Waals surface area contributed by atoms with Crippen LogP contribution in [0.4, 0.5) is 5.69 Å². The van der Waals surface area contributed by atoms with Crippen molar-refractivity contribution in [2.24, 2.45) is 0 Å². The van der Waals surface area contributed by atoms with Crippen LogP contribution in [0.1, 0.15) is 23.6 Å². The van der Waals surface area contributed by atoms with E-state index in [9.17, 15) is 13.2 Å². The second kappa shape index (κ2) is 11.1. The molecule has 0 aliphatic carbocycles. The van der Waals surface area contributed by atoms with Gasteiger partial charge in [0.1, 0.15) is 16.8 Å². The van der Waals surface area contributed by atoms with Crippen molar-refractivity contribution < 1.29 is 17.9 Å². The van der Waals surface area contributed by atoms with E-state index in [1.807, 2.05) is 67.6 Å². The van der Waals surface area contributed by atoms with E-state index in [-0.39, 0.29) is 23.8 Å². The van der Waals surface area contributed by atoms with E-state index in [0.717, 1.165) is 31.9 Å². The van der Waals surface area contributed by atoms with Crippen molar-refractivity contribution >= 4 is 43.2 Å². The molecule has 7 nitrogen and oxygen atoms in total. The van der Waals surface area contributed by atoms with Crippen LogP contribution >= 0.6 is 11.3 Å². The van der Waals surface area contributed by atoms with Crippen LogP contribution in [0.5, 0.6) is 5.75 Å². The number of nitrogens with one attached hydrogen (secondary N) is 1. The number of hydrogen-bond donors (Lipinski definition) is 1. The number of rotatable bonds is 7. The number of fused-ring (bicyclic) bond motifs is 2. The molecule has 0 bridgehead atoms. The summed E-state index contributed by atoms with van der Waals surface area (Å²) in [6.45, 7) is 4.53. The minimum atomic E-state index is -3.97. The third-order valence-electron chi connectivity index (χ3n) is 7.19. The van der Waals surface area contributed by atoms with Gasteiger partial charge >= 0.3 is 0 Å². The Morgan fingerprint density at radius 2 is 1.73 bits per heavy atom. The Hall–Kier alpha value is -4.05. The third kappa shape index (κ3) is 5.48. The monoisotopic (exact) mass is 583 g/mol. The summed E-state index contributed by atoms with van der Waals surface area (Å²) in [7, 11) is -3.97. The number of carbonyl (C=O) groups excluding carboxylic acids is 1. The molecule has 41 heavy (non-hydrogen) atoms. The largest absolute Gasteiger partial charge is 0.494 e. The maximum atomic E-state index is 13.8. The molecule has 0 saturated carbocycles. The number of amides is 1. The summed E-state index contributed by atoms with van der Waals surface area (Å²) < 4.78 is 35.6. The molecule has 0 fully saturated rings. The molecule has 1 atom stereocenters. The quantitative estimate of drug-likeness (QED) is 0.239. The van der Waals surface area contributed by atoms with Gasteiger partial charge in [0.25, 0.3) is 0 Å². The standard InChI is InChI=1S/C32H29N3O4S2/c1-3-39-26-13-15-27(16-14-26)41(37,38)35-20-24-7-5-4-6-23(24)19-29(35)31(36)33-25-11-9-22(10-12-25)32-34-28-17-8-21(2)18-30(28)40-32/h4-18,29H,3,19-20H2,1-2H3,(H,33,36). The van der Waals surface area contributed by atoms with Crippen LogP contribution in [-0.2, 0) is 27.8 Å². The number of aryl methyl sites for hydroxylation is 1. The van der Waals surface area contributed by atoms with Gasteiger partial charge in [-0.2, -0.15) is 4.31 Å². The summed E-state index contributed by atoms with van der Waals surface area (Å²) in [6.07, 6.45) is 0.279. The zero-order chi connectivity index (χ0) is 28.6. The molecule has 0 radical (unpaired) electrons. The van der Waals surface area contributed by atoms with Crippen LogP contribution in [0.25, 0.3) is 20.8 Å². The molecule has 1 aromatic heterocycles. The fraction of sp³-hybridized carbons (Fsp3) is 0.188. The van der Waals surface area contributed by atoms with Crippen molar-refractivity contribution in [2.75, 3.05) is 11.9 Å². The minimum absolute atomic E-state index is 0.111. The van der Waals surface area contributed by atoms with Crippen molar-refractivity contribution in [3.05, 3.63) is 108 Å². The summed E-state index contributed by atoms with van der Waals surface area (Å²) >= 11 is 1.63. The van der Waals surface area contributed by atoms with E-state index in [1.54, 1.807) is 23.5 Å². The van der Waals surface area contributed by atoms with Gasteiger partial charge in [0.05, 0.1) is 21.7 Å². The topological polar surface area (TPSA) is 88.6 Å². The number of sulfonamides is 1. The first kappa shape index (κ1) is 27.1. The zero-order valence-corrected chi connectivity index (χ0v) is 24.3. The third-order valence-corrected chi connectivity index (χ3v) is 10.1. The minimum Gasteiger partial charge on any atom is -0.494 e. The Bertz CT molecular complexity index is 1830. The van der Waals surface area contributed by atoms with Crippen molar-refractivity contribution in [3.63, 3.8) is 0 Å². The van der Waals surface area contributed by atoms with Crippen molar-refractivity contribution in [1.29, 1.82) is 0 Å². The Morgan fingerprint density at radius 3 is 2.46 bits per heavy atom. The molecule has 0 saturated heterocycles. The van der Waals surface area contributed by atoms with E-state index in [2.05, 4.69) is 18.3 Å². The number of anilines is 1. The molecular weight excluding hydrogens is 555 g/mol. The first-order chi connectivity index (χ1) is 19.8. The maximum Gasteiger partial charge on any atom is 0.244 e. The molecule has 0 spiro atoms. The summed E-state index contributed by atoms with van der Waals surface area (Å²) in [5.41, 5.74) is 5.55. The van der Waals surface area contributed by atoms with Crippen molar-refractivity contribution in [3.8, 4) is 16.3 Å². The predicted molar refractivity (Wildman–Crippen MR) is 163 cm³/mol. The lowest BCUT2D eigenvalue weighted by molar-refractivity contribution is -0.120. The Kier molecular flexibility index (Phi) is 7.33. The van der Waals surface area contributed by atoms with E-state index in [0.29, 0.717) is 18.0 Å². The summed E-state index contributed by atoms with van der Waals surface area (Å²) in [5.74, 6) is 0.214. The Labute approximate surface area is 243 Å². The smallest absolute Gasteiger partial charge is 0.244 e. The second-order valence-electron chi connectivity index (χ2n) is 10.0. The molecule has 208 valence electrons. The van der Waals surface area contributed by atoms with Gasteiger partial charge in [-0.05, 0) is 97.6 Å². The van der Waals surface area contributed by atoms with Crippen LogP contribution in [0.3, 0.4) is 0 Å². The predicted octanol–water partition coefficient (Wildman–Crippen LogP) is 6.42. The van der Waals surface area contributed by atoms with Crippen LogP contribution in [0.2, 0.25) is 0 Å². The number of aromatic nitrogens is 1. The normalized spacial score (nSPS) is 15.4. The molecule has 1 aliphatic heterocycles. The van der Waals surface area contributed by atoms with Gasteiger partial charge in [-0.15, -0.1) is 11.3 Å². The van der Waals surface area contributed by atoms with Gasteiger partial charge in [-0.1, -0.05) is 30.3 Å². The van der Waals surface area contributed by atoms with Crippen molar-refractivity contribution in [1.82, 2.24) is 9.29 Å². The maximum absolute atomic E-state index is 13.8. The number of ether oxygens (including phenoxy) is 1. The molecule has 1 unspecified atom stereocenters. The van der Waals surface area contributed by atoms with Gasteiger partial charge in [-0.25, -0.2) is 13.4 Å². The highest BCUT2D eigenvalue weighted by Gasteiger charge is 2.39. The lowest BCUT2D eigenvalue weighted by Crippen LogP contribution is -2.50. The van der Waals surface area contributed by atoms with Crippen LogP contribution in [0.15, 0.2) is 95.9 Å². The van der Waals surface area contributed by atoms with Gasteiger partial charge in [0.15, 0.2) is 0 Å². The number of thiazole rings is 1. The number of hydrogen-bond acceptors (Lipinski definition) is 6. The van der Waals surface area contributed by atoms with Gasteiger partial charge in [0.2, 0.25) is 15.9 Å². The fourth-order valence-corrected chi connectivity index (χ4v) is 7.70. The molecule has 5 aromatic rings. The van der Waals surface area contributed by atoms with Gasteiger partial charge in [0, 0.05) is 17.8 Å². The second-order valence-corrected chi connectivity index (χ2v) is 12.9. The SMILES string of the molecule is CCOc1ccc(S(=O)(=O)N2Cc3ccccc3CC2C(=O)Nc2ccc(-c3nc4ccc(C)cc4s3)cc2)cc1. The highest BCUT2D eigenvalue weighted by atomic mass is 32.2. The number of nitrogens with zero attached hydrogens (tertiary/aromatic N) is 2. The Morgan fingerprint density at radius 1 is 1.00 bits per heavy atom. The molecule has 2 heterocycles. The molecule has 1 N–H and O–H groups in total. The summed E-state index contributed by atoms with van der Waals surface area (Å²) in [5, 5.41) is 3.86. The number of carbonyl (C=O) groups is 1. The first-order valence-corrected chi connectivity index (χ1v) is 15.7. The average molecular weight is 584 g/mol. The fourth-order valence-electron chi connectivity index (χ4n) is 5.06. The van der Waals surface area contributed by atoms with Crippen molar-refractivity contribution in [2.45, 2.75) is 37.8 Å². The van der Waals surface area contributed by atoms with Gasteiger partial charge < -0.3 is 10.1 Å². The van der Waals surface area contributed by atoms with E-state index in [1.165, 1.54) is 22.0 Å². The van der Waals surface area contributed by atoms with E-state index < -0.39 is 16.1 Å². The number of benzene rings is 4. The summed E-state index contributed by atoms with van der Waals surface area (Å²) in [4.78, 5) is 18.5. The average Bonchev–Trinajstić information content (AvgIpc) is 3.40. The van der Waals surface area contributed by atoms with Gasteiger partial charge in [-0.3, -0.25) is 4.79 Å². The first-order valence-electron chi connectivity index (χ1n) is 13.4. The van der Waals surface area contributed by atoms with Crippen LogP contribution in [-0.4, -0.2) is 36.3 Å².